The zero-order valence-electron chi connectivity index (χ0n) is 16.7. The molecule has 9 nitrogen and oxygen atoms in total. The fourth-order valence-corrected chi connectivity index (χ4v) is 4.39. The molecule has 3 N–H and O–H groups in total. The molecule has 10 heteroatoms. The Labute approximate surface area is 183 Å². The van der Waals surface area contributed by atoms with Crippen molar-refractivity contribution in [1.29, 1.82) is 0 Å². The van der Waals surface area contributed by atoms with Gasteiger partial charge >= 0.3 is 0 Å². The van der Waals surface area contributed by atoms with E-state index in [9.17, 15) is 13.2 Å². The van der Waals surface area contributed by atoms with Crippen LogP contribution in [0, 0.1) is 0 Å². The summed E-state index contributed by atoms with van der Waals surface area (Å²) in [6, 6.07) is 18.0. The van der Waals surface area contributed by atoms with Gasteiger partial charge in [0.1, 0.15) is 13.2 Å². The van der Waals surface area contributed by atoms with Gasteiger partial charge in [0.25, 0.3) is 15.9 Å². The number of aromatic amines is 1. The maximum atomic E-state index is 12.8. The van der Waals surface area contributed by atoms with Crippen LogP contribution in [0.5, 0.6) is 11.5 Å². The van der Waals surface area contributed by atoms with Crippen LogP contribution in [0.15, 0.2) is 71.6 Å². The SMILES string of the molecule is O=C(Nc1nc2ccccc2[nH]1)c1cccc(NS(=O)(=O)c2ccc3c(c2)OCCO3)c1. The van der Waals surface area contributed by atoms with Crippen molar-refractivity contribution in [3.8, 4) is 11.5 Å². The van der Waals surface area contributed by atoms with Gasteiger partial charge in [-0.15, -0.1) is 0 Å². The van der Waals surface area contributed by atoms with E-state index in [0.29, 0.717) is 30.7 Å². The van der Waals surface area contributed by atoms with Crippen LogP contribution in [-0.4, -0.2) is 37.5 Å². The lowest BCUT2D eigenvalue weighted by Gasteiger charge is -2.19. The Morgan fingerprint density at radius 3 is 2.59 bits per heavy atom. The standard InChI is InChI=1S/C22H18N4O5S/c27-21(25-22-23-17-6-1-2-7-18(17)24-22)14-4-3-5-15(12-14)26-32(28,29)16-8-9-19-20(13-16)31-11-10-30-19/h1-9,12-13,26H,10-11H2,(H2,23,24,25,27). The average molecular weight is 450 g/mol. The second kappa shape index (κ2) is 7.89. The first-order valence-electron chi connectivity index (χ1n) is 9.77. The molecule has 0 unspecified atom stereocenters. The Balaban J connectivity index is 1.34. The van der Waals surface area contributed by atoms with E-state index in [1.807, 2.05) is 24.3 Å². The van der Waals surface area contributed by atoms with Crippen LogP contribution in [0.1, 0.15) is 10.4 Å². The summed E-state index contributed by atoms with van der Waals surface area (Å²) in [6.45, 7) is 0.770. The highest BCUT2D eigenvalue weighted by Crippen LogP contribution is 2.32. The predicted octanol–water partition coefficient (Wildman–Crippen LogP) is 3.39. The lowest BCUT2D eigenvalue weighted by atomic mass is 10.2. The van der Waals surface area contributed by atoms with Gasteiger partial charge < -0.3 is 14.5 Å². The third-order valence-electron chi connectivity index (χ3n) is 4.82. The maximum Gasteiger partial charge on any atom is 0.262 e. The first-order valence-corrected chi connectivity index (χ1v) is 11.2. The molecule has 0 saturated carbocycles. The minimum Gasteiger partial charge on any atom is -0.486 e. The largest absolute Gasteiger partial charge is 0.486 e. The van der Waals surface area contributed by atoms with E-state index in [1.54, 1.807) is 24.3 Å². The van der Waals surface area contributed by atoms with Crippen molar-refractivity contribution in [2.24, 2.45) is 0 Å². The molecule has 1 aromatic heterocycles. The highest BCUT2D eigenvalue weighted by molar-refractivity contribution is 7.92. The van der Waals surface area contributed by atoms with Crippen LogP contribution in [0.4, 0.5) is 11.6 Å². The Hall–Kier alpha value is -4.05. The molecule has 0 atom stereocenters. The fourth-order valence-electron chi connectivity index (χ4n) is 3.32. The summed E-state index contributed by atoms with van der Waals surface area (Å²) in [5.74, 6) is 0.750. The summed E-state index contributed by atoms with van der Waals surface area (Å²) in [7, 11) is -3.90. The van der Waals surface area contributed by atoms with Crippen LogP contribution in [-0.2, 0) is 10.0 Å². The number of H-pyrrole nitrogens is 1. The number of rotatable bonds is 5. The second-order valence-electron chi connectivity index (χ2n) is 7.05. The normalized spacial score (nSPS) is 13.0. The van der Waals surface area contributed by atoms with Gasteiger partial charge in [0, 0.05) is 17.3 Å². The molecule has 0 aliphatic carbocycles. The van der Waals surface area contributed by atoms with Crippen LogP contribution < -0.4 is 19.5 Å². The Morgan fingerprint density at radius 2 is 1.75 bits per heavy atom. The second-order valence-corrected chi connectivity index (χ2v) is 8.73. The van der Waals surface area contributed by atoms with Gasteiger partial charge in [-0.2, -0.15) is 0 Å². The molecule has 0 bridgehead atoms. The molecule has 3 aromatic carbocycles. The average Bonchev–Trinajstić information content (AvgIpc) is 3.21. The van der Waals surface area contributed by atoms with Crippen molar-refractivity contribution in [3.05, 3.63) is 72.3 Å². The molecule has 1 aliphatic rings. The van der Waals surface area contributed by atoms with Gasteiger partial charge in [0.05, 0.1) is 15.9 Å². The molecule has 1 aliphatic heterocycles. The third kappa shape index (κ3) is 3.95. The monoisotopic (exact) mass is 450 g/mol. The lowest BCUT2D eigenvalue weighted by Crippen LogP contribution is -2.18. The lowest BCUT2D eigenvalue weighted by molar-refractivity contribution is 0.102. The number of carbonyl (C=O) groups is 1. The molecule has 0 spiro atoms. The van der Waals surface area contributed by atoms with Gasteiger partial charge in [-0.05, 0) is 42.5 Å². The van der Waals surface area contributed by atoms with Gasteiger partial charge in [-0.1, -0.05) is 18.2 Å². The quantitative estimate of drug-likeness (QED) is 0.428. The number of benzene rings is 3. The van der Waals surface area contributed by atoms with Gasteiger partial charge in [-0.3, -0.25) is 14.8 Å². The number of hydrogen-bond donors (Lipinski definition) is 3. The minimum absolute atomic E-state index is 0.0267. The van der Waals surface area contributed by atoms with Gasteiger partial charge in [-0.25, -0.2) is 13.4 Å². The molecule has 0 fully saturated rings. The van der Waals surface area contributed by atoms with E-state index < -0.39 is 15.9 Å². The Kier molecular flexibility index (Phi) is 4.91. The third-order valence-corrected chi connectivity index (χ3v) is 6.20. The molecule has 1 amide bonds. The molecule has 4 aromatic rings. The highest BCUT2D eigenvalue weighted by atomic mass is 32.2. The van der Waals surface area contributed by atoms with Crippen LogP contribution in [0.3, 0.4) is 0 Å². The number of fused-ring (bicyclic) bond motifs is 2. The van der Waals surface area contributed by atoms with E-state index in [2.05, 4.69) is 20.0 Å². The molecule has 32 heavy (non-hydrogen) atoms. The smallest absolute Gasteiger partial charge is 0.262 e. The molecular formula is C22H18N4O5S. The first-order chi connectivity index (χ1) is 15.5. The molecule has 0 saturated heterocycles. The summed E-state index contributed by atoms with van der Waals surface area (Å²) in [4.78, 5) is 20.0. The summed E-state index contributed by atoms with van der Waals surface area (Å²) in [5, 5.41) is 2.69. The number of carbonyl (C=O) groups excluding carboxylic acids is 1. The number of nitrogens with one attached hydrogen (secondary N) is 3. The fraction of sp³-hybridized carbons (Fsp3) is 0.0909. The van der Waals surface area contributed by atoms with Crippen molar-refractivity contribution in [2.75, 3.05) is 23.3 Å². The highest BCUT2D eigenvalue weighted by Gasteiger charge is 2.20. The molecule has 162 valence electrons. The molecule has 0 radical (unpaired) electrons. The van der Waals surface area contributed by atoms with E-state index in [4.69, 9.17) is 9.47 Å². The summed E-state index contributed by atoms with van der Waals surface area (Å²) >= 11 is 0. The van der Waals surface area contributed by atoms with Gasteiger partial charge in [0.15, 0.2) is 11.5 Å². The topological polar surface area (TPSA) is 122 Å². The predicted molar refractivity (Wildman–Crippen MR) is 119 cm³/mol. The Morgan fingerprint density at radius 1 is 0.938 bits per heavy atom. The zero-order valence-corrected chi connectivity index (χ0v) is 17.5. The van der Waals surface area contributed by atoms with E-state index in [-0.39, 0.29) is 16.1 Å². The number of para-hydroxylation sites is 2. The zero-order chi connectivity index (χ0) is 22.1. The first kappa shape index (κ1) is 19.9. The van der Waals surface area contributed by atoms with Crippen molar-refractivity contribution in [3.63, 3.8) is 0 Å². The van der Waals surface area contributed by atoms with Crippen molar-refractivity contribution < 1.29 is 22.7 Å². The van der Waals surface area contributed by atoms with E-state index in [1.165, 1.54) is 18.2 Å². The molecule has 2 heterocycles. The minimum atomic E-state index is -3.90. The Bertz CT molecular complexity index is 1400. The maximum absolute atomic E-state index is 12.8. The van der Waals surface area contributed by atoms with E-state index in [0.717, 1.165) is 11.0 Å². The van der Waals surface area contributed by atoms with Crippen molar-refractivity contribution in [1.82, 2.24) is 9.97 Å². The van der Waals surface area contributed by atoms with Gasteiger partial charge in [0.2, 0.25) is 5.95 Å². The number of imidazole rings is 1. The number of hydrogen-bond acceptors (Lipinski definition) is 6. The summed E-state index contributed by atoms with van der Waals surface area (Å²) in [5.41, 5.74) is 2.04. The summed E-state index contributed by atoms with van der Waals surface area (Å²) in [6.07, 6.45) is 0. The number of ether oxygens (including phenoxy) is 2. The number of amides is 1. The molecule has 5 rings (SSSR count). The number of aromatic nitrogens is 2. The number of nitrogens with zero attached hydrogens (tertiary/aromatic N) is 1. The van der Waals surface area contributed by atoms with Crippen molar-refractivity contribution in [2.45, 2.75) is 4.90 Å². The molecular weight excluding hydrogens is 432 g/mol. The number of anilines is 2. The van der Waals surface area contributed by atoms with Crippen LogP contribution in [0.25, 0.3) is 11.0 Å². The van der Waals surface area contributed by atoms with Crippen LogP contribution >= 0.6 is 0 Å². The van der Waals surface area contributed by atoms with E-state index >= 15 is 0 Å². The van der Waals surface area contributed by atoms with Crippen molar-refractivity contribution >= 4 is 38.6 Å². The number of sulfonamides is 1. The van der Waals surface area contributed by atoms with Crippen LogP contribution in [0.2, 0.25) is 0 Å². The summed E-state index contributed by atoms with van der Waals surface area (Å²) < 4.78 is 39.1.